The molecular formula is C20H19ClN2O5S2. The molecule has 3 rings (SSSR count). The van der Waals surface area contributed by atoms with E-state index in [1.54, 1.807) is 24.3 Å². The Morgan fingerprint density at radius 1 is 1.23 bits per heavy atom. The Hall–Kier alpha value is -2.36. The summed E-state index contributed by atoms with van der Waals surface area (Å²) >= 11 is 8.49. The predicted octanol–water partition coefficient (Wildman–Crippen LogP) is 3.31. The van der Waals surface area contributed by atoms with Gasteiger partial charge in [0.15, 0.2) is 6.61 Å². The van der Waals surface area contributed by atoms with E-state index in [0.29, 0.717) is 28.6 Å². The topological polar surface area (TPSA) is 102 Å². The summed E-state index contributed by atoms with van der Waals surface area (Å²) in [5, 5.41) is 5.30. The number of thiophene rings is 1. The molecule has 0 spiro atoms. The van der Waals surface area contributed by atoms with E-state index in [1.807, 2.05) is 6.07 Å². The zero-order valence-electron chi connectivity index (χ0n) is 16.0. The summed E-state index contributed by atoms with van der Waals surface area (Å²) in [7, 11) is 0. The number of anilines is 1. The van der Waals surface area contributed by atoms with Crippen LogP contribution in [0.3, 0.4) is 0 Å². The summed E-state index contributed by atoms with van der Waals surface area (Å²) in [4.78, 5) is 49.8. The Kier molecular flexibility index (Phi) is 7.52. The van der Waals surface area contributed by atoms with E-state index in [4.69, 9.17) is 16.3 Å². The van der Waals surface area contributed by atoms with Crippen molar-refractivity contribution in [2.45, 2.75) is 29.9 Å². The van der Waals surface area contributed by atoms with Crippen LogP contribution in [-0.4, -0.2) is 42.0 Å². The molecule has 1 aliphatic rings. The van der Waals surface area contributed by atoms with Gasteiger partial charge in [0.05, 0.1) is 22.2 Å². The number of halogens is 1. The fraction of sp³-hybridized carbons (Fsp3) is 0.300. The summed E-state index contributed by atoms with van der Waals surface area (Å²) in [5.41, 5.74) is 0.615. The molecule has 0 saturated carbocycles. The first-order valence-electron chi connectivity index (χ1n) is 9.11. The number of hydrogen-bond acceptors (Lipinski definition) is 7. The highest BCUT2D eigenvalue weighted by molar-refractivity contribution is 8.01. The fourth-order valence-corrected chi connectivity index (χ4v) is 4.89. The largest absolute Gasteiger partial charge is 0.457 e. The Balaban J connectivity index is 1.47. The predicted molar refractivity (Wildman–Crippen MR) is 116 cm³/mol. The van der Waals surface area contributed by atoms with E-state index in [-0.39, 0.29) is 30.6 Å². The van der Waals surface area contributed by atoms with E-state index < -0.39 is 11.2 Å². The molecule has 2 heterocycles. The lowest BCUT2D eigenvalue weighted by atomic mass is 10.2. The minimum atomic E-state index is -0.636. The molecule has 7 nitrogen and oxygen atoms in total. The Morgan fingerprint density at radius 2 is 2.03 bits per heavy atom. The molecule has 1 unspecified atom stereocenters. The molecule has 1 aromatic carbocycles. The third-order valence-electron chi connectivity index (χ3n) is 4.16. The molecule has 0 fully saturated rings. The highest BCUT2D eigenvalue weighted by Crippen LogP contribution is 2.38. The average Bonchev–Trinajstić information content (AvgIpc) is 3.15. The molecule has 158 valence electrons. The second kappa shape index (κ2) is 10.1. The van der Waals surface area contributed by atoms with Crippen molar-refractivity contribution in [3.8, 4) is 0 Å². The smallest absolute Gasteiger partial charge is 0.307 e. The second-order valence-corrected chi connectivity index (χ2v) is 9.37. The number of nitrogens with one attached hydrogen (secondary N) is 2. The van der Waals surface area contributed by atoms with Crippen molar-refractivity contribution in [3.05, 3.63) is 45.1 Å². The zero-order valence-corrected chi connectivity index (χ0v) is 18.4. The number of thioether (sulfide) groups is 1. The molecule has 1 aromatic heterocycles. The zero-order chi connectivity index (χ0) is 21.7. The molecule has 0 radical (unpaired) electrons. The van der Waals surface area contributed by atoms with Gasteiger partial charge in [0.2, 0.25) is 17.6 Å². The lowest BCUT2D eigenvalue weighted by Gasteiger charge is -2.23. The van der Waals surface area contributed by atoms with E-state index in [9.17, 15) is 19.2 Å². The third-order valence-corrected chi connectivity index (χ3v) is 6.86. The highest BCUT2D eigenvalue weighted by atomic mass is 35.5. The molecule has 2 N–H and O–H groups in total. The normalized spacial score (nSPS) is 15.1. The van der Waals surface area contributed by atoms with Gasteiger partial charge in [-0.1, -0.05) is 11.6 Å². The number of hydrogen-bond donors (Lipinski definition) is 2. The van der Waals surface area contributed by atoms with Gasteiger partial charge >= 0.3 is 5.97 Å². The van der Waals surface area contributed by atoms with Crippen LogP contribution in [0.2, 0.25) is 5.02 Å². The lowest BCUT2D eigenvalue weighted by molar-refractivity contribution is -0.143. The molecule has 0 bridgehead atoms. The first kappa shape index (κ1) is 22.3. The highest BCUT2D eigenvalue weighted by Gasteiger charge is 2.30. The number of amides is 2. The van der Waals surface area contributed by atoms with Gasteiger partial charge in [-0.25, -0.2) is 0 Å². The van der Waals surface area contributed by atoms with Crippen LogP contribution in [0.15, 0.2) is 35.2 Å². The van der Waals surface area contributed by atoms with Crippen molar-refractivity contribution < 1.29 is 23.9 Å². The first-order valence-corrected chi connectivity index (χ1v) is 11.2. The maximum absolute atomic E-state index is 12.3. The molecule has 10 heteroatoms. The SMILES string of the molecule is CC(=O)NCCc1ccc(C(=O)COC(=O)CC2Sc3ccc(Cl)cc3NC2=O)s1. The van der Waals surface area contributed by atoms with E-state index in [1.165, 1.54) is 30.0 Å². The van der Waals surface area contributed by atoms with Gasteiger partial charge in [-0.3, -0.25) is 19.2 Å². The summed E-state index contributed by atoms with van der Waals surface area (Å²) in [6.07, 6.45) is 0.482. The van der Waals surface area contributed by atoms with Crippen LogP contribution < -0.4 is 10.6 Å². The number of Topliss-reactive ketones (excluding diaryl/α,β-unsaturated/α-hetero) is 1. The molecule has 2 aromatic rings. The Bertz CT molecular complexity index is 991. The standard InChI is InChI=1S/C20H19ClN2O5S2/c1-11(24)22-7-6-13-3-5-17(29-13)15(25)10-28-19(26)9-18-20(27)23-14-8-12(21)2-4-16(14)30-18/h2-5,8,18H,6-7,9-10H2,1H3,(H,22,24)(H,23,27). The third kappa shape index (κ3) is 6.07. The lowest BCUT2D eigenvalue weighted by Crippen LogP contribution is -2.31. The maximum atomic E-state index is 12.3. The van der Waals surface area contributed by atoms with Crippen molar-refractivity contribution in [3.63, 3.8) is 0 Å². The first-order chi connectivity index (χ1) is 14.3. The number of carbonyl (C=O) groups excluding carboxylic acids is 4. The molecule has 1 atom stereocenters. The van der Waals surface area contributed by atoms with Gasteiger partial charge in [-0.2, -0.15) is 0 Å². The summed E-state index contributed by atoms with van der Waals surface area (Å²) in [5.74, 6) is -1.33. The van der Waals surface area contributed by atoms with Crippen molar-refractivity contribution in [1.29, 1.82) is 0 Å². The van der Waals surface area contributed by atoms with Gasteiger partial charge in [0, 0.05) is 28.3 Å². The van der Waals surface area contributed by atoms with E-state index in [0.717, 1.165) is 9.77 Å². The van der Waals surface area contributed by atoms with Crippen LogP contribution in [0.25, 0.3) is 0 Å². The van der Waals surface area contributed by atoms with Crippen LogP contribution in [0.4, 0.5) is 5.69 Å². The number of esters is 1. The van der Waals surface area contributed by atoms with Crippen LogP contribution >= 0.6 is 34.7 Å². The van der Waals surface area contributed by atoms with E-state index >= 15 is 0 Å². The van der Waals surface area contributed by atoms with Crippen LogP contribution in [0, 0.1) is 0 Å². The summed E-state index contributed by atoms with van der Waals surface area (Å²) in [6.45, 7) is 1.56. The average molecular weight is 467 g/mol. The van der Waals surface area contributed by atoms with Crippen molar-refractivity contribution in [2.24, 2.45) is 0 Å². The Labute approximate surface area is 186 Å². The molecular weight excluding hydrogens is 448 g/mol. The van der Waals surface area contributed by atoms with E-state index in [2.05, 4.69) is 10.6 Å². The number of carbonyl (C=O) groups is 4. The fourth-order valence-electron chi connectivity index (χ4n) is 2.71. The number of ether oxygens (including phenoxy) is 1. The van der Waals surface area contributed by atoms with Crippen molar-refractivity contribution in [1.82, 2.24) is 5.32 Å². The number of ketones is 1. The summed E-state index contributed by atoms with van der Waals surface area (Å²) in [6, 6.07) is 8.64. The monoisotopic (exact) mass is 466 g/mol. The molecule has 0 saturated heterocycles. The Morgan fingerprint density at radius 3 is 2.80 bits per heavy atom. The van der Waals surface area contributed by atoms with Crippen LogP contribution in [0.5, 0.6) is 0 Å². The number of benzene rings is 1. The minimum absolute atomic E-state index is 0.105. The van der Waals surface area contributed by atoms with Gasteiger partial charge < -0.3 is 15.4 Å². The maximum Gasteiger partial charge on any atom is 0.307 e. The van der Waals surface area contributed by atoms with Gasteiger partial charge in [0.1, 0.15) is 0 Å². The van der Waals surface area contributed by atoms with Gasteiger partial charge in [-0.15, -0.1) is 23.1 Å². The second-order valence-electron chi connectivity index (χ2n) is 6.52. The number of rotatable bonds is 8. The minimum Gasteiger partial charge on any atom is -0.457 e. The van der Waals surface area contributed by atoms with Crippen LogP contribution in [0.1, 0.15) is 27.9 Å². The molecule has 2 amide bonds. The van der Waals surface area contributed by atoms with Crippen molar-refractivity contribution >= 4 is 64.0 Å². The van der Waals surface area contributed by atoms with Gasteiger partial charge in [0.25, 0.3) is 0 Å². The number of fused-ring (bicyclic) bond motifs is 1. The van der Waals surface area contributed by atoms with Crippen molar-refractivity contribution in [2.75, 3.05) is 18.5 Å². The van der Waals surface area contributed by atoms with Crippen LogP contribution in [-0.2, 0) is 25.5 Å². The molecule has 1 aliphatic heterocycles. The quantitative estimate of drug-likeness (QED) is 0.457. The summed E-state index contributed by atoms with van der Waals surface area (Å²) < 4.78 is 5.09. The molecule has 0 aliphatic carbocycles. The van der Waals surface area contributed by atoms with Gasteiger partial charge in [-0.05, 0) is 36.8 Å². The molecule has 30 heavy (non-hydrogen) atoms.